The molecule has 1 nitrogen and oxygen atoms in total. The summed E-state index contributed by atoms with van der Waals surface area (Å²) in [6.45, 7) is 6.70. The second-order valence-electron chi connectivity index (χ2n) is 5.80. The van der Waals surface area contributed by atoms with Crippen molar-refractivity contribution in [1.29, 1.82) is 0 Å². The molecule has 0 radical (unpaired) electrons. The van der Waals surface area contributed by atoms with Crippen molar-refractivity contribution in [2.75, 3.05) is 0 Å². The highest BCUT2D eigenvalue weighted by Crippen LogP contribution is 2.37. The van der Waals surface area contributed by atoms with Gasteiger partial charge in [-0.1, -0.05) is 39.0 Å². The number of rotatable bonds is 2. The Labute approximate surface area is 97.9 Å². The molecule has 0 saturated carbocycles. The molecule has 0 fully saturated rings. The van der Waals surface area contributed by atoms with E-state index in [9.17, 15) is 4.79 Å². The summed E-state index contributed by atoms with van der Waals surface area (Å²) in [4.78, 5) is 10.7. The molecule has 16 heavy (non-hydrogen) atoms. The van der Waals surface area contributed by atoms with Gasteiger partial charge in [-0.2, -0.15) is 0 Å². The lowest BCUT2D eigenvalue weighted by molar-refractivity contribution is -0.108. The van der Waals surface area contributed by atoms with Crippen LogP contribution in [0.3, 0.4) is 0 Å². The number of carbonyl (C=O) groups is 1. The molecule has 0 bridgehead atoms. The van der Waals surface area contributed by atoms with Crippen molar-refractivity contribution in [3.63, 3.8) is 0 Å². The van der Waals surface area contributed by atoms with Crippen LogP contribution in [0.5, 0.6) is 0 Å². The largest absolute Gasteiger partial charge is 0.303 e. The minimum Gasteiger partial charge on any atom is -0.303 e. The molecular formula is C15H20O. The van der Waals surface area contributed by atoms with Gasteiger partial charge >= 0.3 is 0 Å². The van der Waals surface area contributed by atoms with Crippen LogP contribution in [0.1, 0.15) is 56.2 Å². The van der Waals surface area contributed by atoms with Crippen molar-refractivity contribution >= 4 is 6.29 Å². The standard InChI is InChI=1S/C15H20O/c1-15(2,3)13-7-6-11-4-5-12(8-9-16)14(11)10-13/h6-7,9-10,12H,4-5,8H2,1-3H3. The number of aldehydes is 1. The van der Waals surface area contributed by atoms with Gasteiger partial charge in [0.2, 0.25) is 0 Å². The van der Waals surface area contributed by atoms with E-state index < -0.39 is 0 Å². The smallest absolute Gasteiger partial charge is 0.120 e. The van der Waals surface area contributed by atoms with Crippen LogP contribution in [0, 0.1) is 0 Å². The average molecular weight is 216 g/mol. The Hall–Kier alpha value is -1.11. The summed E-state index contributed by atoms with van der Waals surface area (Å²) >= 11 is 0. The summed E-state index contributed by atoms with van der Waals surface area (Å²) in [6, 6.07) is 6.80. The number of benzene rings is 1. The van der Waals surface area contributed by atoms with Crippen molar-refractivity contribution in [2.24, 2.45) is 0 Å². The second kappa shape index (κ2) is 4.04. The quantitative estimate of drug-likeness (QED) is 0.690. The molecule has 1 atom stereocenters. The lowest BCUT2D eigenvalue weighted by atomic mass is 9.84. The van der Waals surface area contributed by atoms with Crippen LogP contribution in [0.2, 0.25) is 0 Å². The third-order valence-corrected chi connectivity index (χ3v) is 3.59. The van der Waals surface area contributed by atoms with Gasteiger partial charge in [0, 0.05) is 6.42 Å². The molecule has 0 aliphatic heterocycles. The van der Waals surface area contributed by atoms with E-state index in [1.165, 1.54) is 16.7 Å². The molecule has 1 aromatic carbocycles. The van der Waals surface area contributed by atoms with Crippen molar-refractivity contribution in [3.05, 3.63) is 34.9 Å². The highest BCUT2D eigenvalue weighted by atomic mass is 16.1. The Kier molecular flexibility index (Phi) is 2.88. The summed E-state index contributed by atoms with van der Waals surface area (Å²) in [7, 11) is 0. The summed E-state index contributed by atoms with van der Waals surface area (Å²) in [5, 5.41) is 0. The monoisotopic (exact) mass is 216 g/mol. The summed E-state index contributed by atoms with van der Waals surface area (Å²) in [5.41, 5.74) is 4.44. The van der Waals surface area contributed by atoms with Gasteiger partial charge in [-0.3, -0.25) is 0 Å². The Morgan fingerprint density at radius 2 is 2.12 bits per heavy atom. The number of hydrogen-bond donors (Lipinski definition) is 0. The molecule has 0 amide bonds. The lowest BCUT2D eigenvalue weighted by Gasteiger charge is -2.21. The van der Waals surface area contributed by atoms with E-state index in [1.54, 1.807) is 0 Å². The van der Waals surface area contributed by atoms with Crippen LogP contribution in [0.4, 0.5) is 0 Å². The van der Waals surface area contributed by atoms with Crippen LogP contribution >= 0.6 is 0 Å². The third kappa shape index (κ3) is 2.04. The SMILES string of the molecule is CC(C)(C)c1ccc2c(c1)C(CC=O)CC2. The van der Waals surface area contributed by atoms with Gasteiger partial charge in [0.15, 0.2) is 0 Å². The molecule has 1 aliphatic rings. The first-order valence-electron chi connectivity index (χ1n) is 6.09. The molecule has 2 rings (SSSR count). The molecule has 0 spiro atoms. The predicted octanol–water partition coefficient (Wildman–Crippen LogP) is 3.60. The van der Waals surface area contributed by atoms with E-state index in [2.05, 4.69) is 39.0 Å². The molecule has 1 aliphatic carbocycles. The number of fused-ring (bicyclic) bond motifs is 1. The predicted molar refractivity (Wildman–Crippen MR) is 66.9 cm³/mol. The lowest BCUT2D eigenvalue weighted by Crippen LogP contribution is -2.11. The molecule has 1 heteroatoms. The van der Waals surface area contributed by atoms with E-state index in [-0.39, 0.29) is 5.41 Å². The van der Waals surface area contributed by atoms with Gasteiger partial charge in [0.05, 0.1) is 0 Å². The first-order valence-corrected chi connectivity index (χ1v) is 6.09. The van der Waals surface area contributed by atoms with Crippen LogP contribution in [0.15, 0.2) is 18.2 Å². The van der Waals surface area contributed by atoms with Crippen molar-refractivity contribution < 1.29 is 4.79 Å². The Morgan fingerprint density at radius 3 is 2.75 bits per heavy atom. The van der Waals surface area contributed by atoms with E-state index >= 15 is 0 Å². The summed E-state index contributed by atoms with van der Waals surface area (Å²) in [5.74, 6) is 0.467. The minimum atomic E-state index is 0.198. The molecule has 0 heterocycles. The zero-order chi connectivity index (χ0) is 11.8. The maximum atomic E-state index is 10.7. The normalized spacial score (nSPS) is 19.6. The second-order valence-corrected chi connectivity index (χ2v) is 5.80. The third-order valence-electron chi connectivity index (χ3n) is 3.59. The Morgan fingerprint density at radius 1 is 1.38 bits per heavy atom. The zero-order valence-corrected chi connectivity index (χ0v) is 10.4. The van der Waals surface area contributed by atoms with Gasteiger partial charge in [-0.25, -0.2) is 0 Å². The Bertz CT molecular complexity index is 398. The van der Waals surface area contributed by atoms with Crippen molar-refractivity contribution in [1.82, 2.24) is 0 Å². The highest BCUT2D eigenvalue weighted by molar-refractivity contribution is 5.53. The number of hydrogen-bond acceptors (Lipinski definition) is 1. The average Bonchev–Trinajstić information content (AvgIpc) is 2.60. The molecule has 0 saturated heterocycles. The van der Waals surface area contributed by atoms with Gasteiger partial charge in [0.25, 0.3) is 0 Å². The van der Waals surface area contributed by atoms with Crippen LogP contribution in [-0.2, 0) is 16.6 Å². The fraction of sp³-hybridized carbons (Fsp3) is 0.533. The molecule has 0 N–H and O–H groups in total. The fourth-order valence-electron chi connectivity index (χ4n) is 2.52. The van der Waals surface area contributed by atoms with Crippen LogP contribution in [0.25, 0.3) is 0 Å². The van der Waals surface area contributed by atoms with E-state index in [4.69, 9.17) is 0 Å². The van der Waals surface area contributed by atoms with E-state index in [0.717, 1.165) is 19.1 Å². The van der Waals surface area contributed by atoms with E-state index in [0.29, 0.717) is 12.3 Å². The topological polar surface area (TPSA) is 17.1 Å². The summed E-state index contributed by atoms with van der Waals surface area (Å²) < 4.78 is 0. The fourth-order valence-corrected chi connectivity index (χ4v) is 2.52. The van der Waals surface area contributed by atoms with Gasteiger partial charge < -0.3 is 4.79 Å². The van der Waals surface area contributed by atoms with Crippen molar-refractivity contribution in [3.8, 4) is 0 Å². The molecule has 1 aromatic rings. The maximum Gasteiger partial charge on any atom is 0.120 e. The van der Waals surface area contributed by atoms with Gasteiger partial charge in [-0.05, 0) is 40.9 Å². The minimum absolute atomic E-state index is 0.198. The Balaban J connectivity index is 2.37. The molecule has 1 unspecified atom stereocenters. The van der Waals surface area contributed by atoms with Gasteiger partial charge in [0.1, 0.15) is 6.29 Å². The van der Waals surface area contributed by atoms with Crippen LogP contribution < -0.4 is 0 Å². The summed E-state index contributed by atoms with van der Waals surface area (Å²) in [6.07, 6.45) is 4.02. The van der Waals surface area contributed by atoms with Crippen LogP contribution in [-0.4, -0.2) is 6.29 Å². The van der Waals surface area contributed by atoms with Gasteiger partial charge in [-0.15, -0.1) is 0 Å². The molecular weight excluding hydrogens is 196 g/mol. The zero-order valence-electron chi connectivity index (χ0n) is 10.4. The number of aryl methyl sites for hydroxylation is 1. The number of carbonyl (C=O) groups excluding carboxylic acids is 1. The van der Waals surface area contributed by atoms with E-state index in [1.807, 2.05) is 0 Å². The van der Waals surface area contributed by atoms with Crippen molar-refractivity contribution in [2.45, 2.75) is 51.4 Å². The molecule has 86 valence electrons. The highest BCUT2D eigenvalue weighted by Gasteiger charge is 2.24. The first kappa shape index (κ1) is 11.4. The molecule has 0 aromatic heterocycles. The first-order chi connectivity index (χ1) is 7.52. The maximum absolute atomic E-state index is 10.7.